The summed E-state index contributed by atoms with van der Waals surface area (Å²) < 4.78 is 5.07. The van der Waals surface area contributed by atoms with Gasteiger partial charge in [0.1, 0.15) is 0 Å². The van der Waals surface area contributed by atoms with Crippen LogP contribution in [0.4, 0.5) is 0 Å². The van der Waals surface area contributed by atoms with Crippen molar-refractivity contribution in [2.24, 2.45) is 10.9 Å². The zero-order chi connectivity index (χ0) is 8.27. The molecule has 0 N–H and O–H groups in total. The van der Waals surface area contributed by atoms with Crippen LogP contribution in [0.25, 0.3) is 0 Å². The number of methoxy groups -OCH3 is 1. The van der Waals surface area contributed by atoms with Crippen LogP contribution in [-0.4, -0.2) is 19.0 Å². The van der Waals surface area contributed by atoms with Crippen LogP contribution in [0.1, 0.15) is 19.8 Å². The first-order valence-corrected chi connectivity index (χ1v) is 3.99. The molecule has 0 aromatic heterocycles. The van der Waals surface area contributed by atoms with Gasteiger partial charge in [-0.2, -0.15) is 0 Å². The Morgan fingerprint density at radius 2 is 2.55 bits per heavy atom. The summed E-state index contributed by atoms with van der Waals surface area (Å²) in [5, 5.41) is 0. The van der Waals surface area contributed by atoms with Crippen molar-refractivity contribution in [2.45, 2.75) is 25.8 Å². The Labute approximate surface area is 68.0 Å². The number of hydrogen-bond acceptors (Lipinski definition) is 2. The highest BCUT2D eigenvalue weighted by molar-refractivity contribution is 5.78. The predicted molar refractivity (Wildman–Crippen MR) is 46.8 cm³/mol. The molecular weight excluding hydrogens is 138 g/mol. The van der Waals surface area contributed by atoms with E-state index in [1.54, 1.807) is 7.11 Å². The lowest BCUT2D eigenvalue weighted by Crippen LogP contribution is -2.08. The summed E-state index contributed by atoms with van der Waals surface area (Å²) in [5.41, 5.74) is 0. The number of aliphatic imine (C=N–C) groups is 1. The molecule has 11 heavy (non-hydrogen) atoms. The van der Waals surface area contributed by atoms with Gasteiger partial charge in [-0.3, -0.25) is 4.99 Å². The Bertz CT molecular complexity index is 174. The Hall–Kier alpha value is -0.790. The molecule has 0 fully saturated rings. The molecule has 0 aromatic rings. The van der Waals surface area contributed by atoms with Gasteiger partial charge in [-0.15, -0.1) is 6.58 Å². The van der Waals surface area contributed by atoms with Crippen LogP contribution in [0.3, 0.4) is 0 Å². The molecule has 0 amide bonds. The van der Waals surface area contributed by atoms with Crippen LogP contribution < -0.4 is 0 Å². The molecule has 1 heterocycles. The largest absolute Gasteiger partial charge is 0.484 e. The van der Waals surface area contributed by atoms with Crippen molar-refractivity contribution >= 4 is 5.90 Å². The maximum atomic E-state index is 5.07. The fourth-order valence-corrected chi connectivity index (χ4v) is 1.37. The SMILES string of the molecule is C=CCC1N=C(OC)CC1C. The molecule has 0 saturated carbocycles. The molecule has 0 aromatic carbocycles. The average Bonchev–Trinajstić information content (AvgIpc) is 2.33. The molecule has 0 spiro atoms. The molecule has 2 atom stereocenters. The zero-order valence-electron chi connectivity index (χ0n) is 7.21. The summed E-state index contributed by atoms with van der Waals surface area (Å²) in [6.45, 7) is 5.90. The lowest BCUT2D eigenvalue weighted by Gasteiger charge is -2.08. The van der Waals surface area contributed by atoms with Gasteiger partial charge in [0.2, 0.25) is 0 Å². The van der Waals surface area contributed by atoms with Gasteiger partial charge in [-0.1, -0.05) is 13.0 Å². The van der Waals surface area contributed by atoms with E-state index in [9.17, 15) is 0 Å². The summed E-state index contributed by atoms with van der Waals surface area (Å²) in [7, 11) is 1.68. The van der Waals surface area contributed by atoms with E-state index in [0.717, 1.165) is 18.7 Å². The van der Waals surface area contributed by atoms with Gasteiger partial charge in [0.25, 0.3) is 0 Å². The van der Waals surface area contributed by atoms with Crippen LogP contribution in [0.15, 0.2) is 17.6 Å². The third-order valence-corrected chi connectivity index (χ3v) is 2.11. The fraction of sp³-hybridized carbons (Fsp3) is 0.667. The van der Waals surface area contributed by atoms with Gasteiger partial charge in [-0.05, 0) is 12.3 Å². The molecule has 2 nitrogen and oxygen atoms in total. The van der Waals surface area contributed by atoms with Crippen molar-refractivity contribution in [1.82, 2.24) is 0 Å². The Morgan fingerprint density at radius 3 is 3.00 bits per heavy atom. The molecule has 1 aliphatic rings. The van der Waals surface area contributed by atoms with E-state index in [4.69, 9.17) is 4.74 Å². The second kappa shape index (κ2) is 3.56. The molecule has 0 bridgehead atoms. The van der Waals surface area contributed by atoms with Crippen molar-refractivity contribution < 1.29 is 4.74 Å². The predicted octanol–water partition coefficient (Wildman–Crippen LogP) is 2.02. The maximum absolute atomic E-state index is 5.07. The van der Waals surface area contributed by atoms with E-state index in [-0.39, 0.29) is 0 Å². The quantitative estimate of drug-likeness (QED) is 0.556. The average molecular weight is 153 g/mol. The highest BCUT2D eigenvalue weighted by Crippen LogP contribution is 2.23. The highest BCUT2D eigenvalue weighted by Gasteiger charge is 2.24. The van der Waals surface area contributed by atoms with Gasteiger partial charge >= 0.3 is 0 Å². The second-order valence-corrected chi connectivity index (χ2v) is 3.00. The van der Waals surface area contributed by atoms with Crippen molar-refractivity contribution in [2.75, 3.05) is 7.11 Å². The van der Waals surface area contributed by atoms with Crippen LogP contribution in [-0.2, 0) is 4.74 Å². The second-order valence-electron chi connectivity index (χ2n) is 3.00. The first kappa shape index (κ1) is 8.31. The normalized spacial score (nSPS) is 29.8. The van der Waals surface area contributed by atoms with E-state index >= 15 is 0 Å². The van der Waals surface area contributed by atoms with Gasteiger partial charge < -0.3 is 4.74 Å². The number of rotatable bonds is 2. The minimum absolute atomic E-state index is 0.405. The molecule has 2 unspecified atom stereocenters. The van der Waals surface area contributed by atoms with Crippen molar-refractivity contribution in [3.05, 3.63) is 12.7 Å². The van der Waals surface area contributed by atoms with Crippen molar-refractivity contribution in [1.29, 1.82) is 0 Å². The first-order chi connectivity index (χ1) is 5.27. The lowest BCUT2D eigenvalue weighted by molar-refractivity contribution is 0.390. The Morgan fingerprint density at radius 1 is 1.82 bits per heavy atom. The lowest BCUT2D eigenvalue weighted by atomic mass is 10.00. The molecule has 0 saturated heterocycles. The van der Waals surface area contributed by atoms with E-state index < -0.39 is 0 Å². The summed E-state index contributed by atoms with van der Waals surface area (Å²) >= 11 is 0. The number of nitrogens with zero attached hydrogens (tertiary/aromatic N) is 1. The highest BCUT2D eigenvalue weighted by atomic mass is 16.5. The van der Waals surface area contributed by atoms with E-state index in [2.05, 4.69) is 18.5 Å². The molecule has 1 rings (SSSR count). The summed E-state index contributed by atoms with van der Waals surface area (Å²) in [5.74, 6) is 1.51. The maximum Gasteiger partial charge on any atom is 0.183 e. The number of hydrogen-bond donors (Lipinski definition) is 0. The summed E-state index contributed by atoms with van der Waals surface area (Å²) in [4.78, 5) is 4.40. The van der Waals surface area contributed by atoms with Crippen molar-refractivity contribution in [3.8, 4) is 0 Å². The third-order valence-electron chi connectivity index (χ3n) is 2.11. The minimum atomic E-state index is 0.405. The van der Waals surface area contributed by atoms with Gasteiger partial charge in [0.15, 0.2) is 5.90 Å². The van der Waals surface area contributed by atoms with Crippen molar-refractivity contribution in [3.63, 3.8) is 0 Å². The molecule has 62 valence electrons. The Balaban J connectivity index is 2.52. The smallest absolute Gasteiger partial charge is 0.183 e. The van der Waals surface area contributed by atoms with E-state index in [1.165, 1.54) is 0 Å². The van der Waals surface area contributed by atoms with Gasteiger partial charge in [0.05, 0.1) is 13.2 Å². The van der Waals surface area contributed by atoms with Gasteiger partial charge in [0, 0.05) is 6.42 Å². The fourth-order valence-electron chi connectivity index (χ4n) is 1.37. The Kier molecular flexibility index (Phi) is 2.69. The van der Waals surface area contributed by atoms with E-state index in [1.807, 2.05) is 6.08 Å². The van der Waals surface area contributed by atoms with Crippen LogP contribution in [0.5, 0.6) is 0 Å². The van der Waals surface area contributed by atoms with Gasteiger partial charge in [-0.25, -0.2) is 0 Å². The summed E-state index contributed by atoms with van der Waals surface area (Å²) in [6, 6.07) is 0.405. The molecule has 0 radical (unpaired) electrons. The molecular formula is C9H15NO. The van der Waals surface area contributed by atoms with E-state index in [0.29, 0.717) is 12.0 Å². The first-order valence-electron chi connectivity index (χ1n) is 3.99. The van der Waals surface area contributed by atoms with Crippen LogP contribution in [0.2, 0.25) is 0 Å². The standard InChI is InChI=1S/C9H15NO/c1-4-5-8-7(2)6-9(10-8)11-3/h4,7-8H,1,5-6H2,2-3H3. The zero-order valence-corrected chi connectivity index (χ0v) is 7.21. The molecule has 1 aliphatic heterocycles. The topological polar surface area (TPSA) is 21.6 Å². The summed E-state index contributed by atoms with van der Waals surface area (Å²) in [6.07, 6.45) is 3.87. The molecule has 2 heteroatoms. The minimum Gasteiger partial charge on any atom is -0.484 e. The monoisotopic (exact) mass is 153 g/mol. The molecule has 0 aliphatic carbocycles. The third kappa shape index (κ3) is 1.82. The van der Waals surface area contributed by atoms with Crippen LogP contribution >= 0.6 is 0 Å². The van der Waals surface area contributed by atoms with Crippen LogP contribution in [0, 0.1) is 5.92 Å². The number of ether oxygens (including phenoxy) is 1.